The van der Waals surface area contributed by atoms with Crippen LogP contribution in [0.2, 0.25) is 0 Å². The van der Waals surface area contributed by atoms with Gasteiger partial charge in [0.2, 0.25) is 0 Å². The van der Waals surface area contributed by atoms with Crippen LogP contribution in [0.5, 0.6) is 0 Å². The van der Waals surface area contributed by atoms with Gasteiger partial charge in [0.25, 0.3) is 5.91 Å². The lowest BCUT2D eigenvalue weighted by Crippen LogP contribution is -2.36. The zero-order valence-corrected chi connectivity index (χ0v) is 19.1. The van der Waals surface area contributed by atoms with Crippen molar-refractivity contribution < 1.29 is 18.0 Å². The smallest absolute Gasteiger partial charge is 0.350 e. The first-order valence-electron chi connectivity index (χ1n) is 10.4. The second kappa shape index (κ2) is 8.70. The number of hydrogen-bond acceptors (Lipinski definition) is 4. The standard InChI is InChI=1S/C24H22F3N3O2S/c1-13(2)29-23(32)22-18-11-21(15-5-4-8-28-12-15)33-20-7-6-16(24(25,26)27)10-17(20)30(18)14(3)9-19(22)31/h4-10,12-13,21H,11H2,1-3H3,(H,29,32). The number of thioether (sulfide) groups is 1. The largest absolute Gasteiger partial charge is 0.416 e. The molecule has 0 saturated carbocycles. The van der Waals surface area contributed by atoms with E-state index in [4.69, 9.17) is 0 Å². The Kier molecular flexibility index (Phi) is 6.09. The molecule has 3 aromatic rings. The third-order valence-corrected chi connectivity index (χ3v) is 6.70. The Labute approximate surface area is 193 Å². The molecule has 1 unspecified atom stereocenters. The van der Waals surface area contributed by atoms with Crippen molar-refractivity contribution in [2.75, 3.05) is 0 Å². The second-order valence-corrected chi connectivity index (χ2v) is 9.46. The number of fused-ring (bicyclic) bond motifs is 3. The SMILES string of the molecule is Cc1cc(=O)c(C(=O)NC(C)C)c2n1-c1cc(C(F)(F)F)ccc1SC(c1cccnc1)C2. The van der Waals surface area contributed by atoms with Gasteiger partial charge < -0.3 is 9.88 Å². The third kappa shape index (κ3) is 4.55. The molecule has 1 aliphatic heterocycles. The molecule has 2 aromatic heterocycles. The number of alkyl halides is 3. The summed E-state index contributed by atoms with van der Waals surface area (Å²) in [6.45, 7) is 5.22. The van der Waals surface area contributed by atoms with Crippen molar-refractivity contribution >= 4 is 17.7 Å². The Morgan fingerprint density at radius 3 is 2.64 bits per heavy atom. The van der Waals surface area contributed by atoms with E-state index >= 15 is 0 Å². The summed E-state index contributed by atoms with van der Waals surface area (Å²) < 4.78 is 42.3. The molecule has 9 heteroatoms. The van der Waals surface area contributed by atoms with Crippen LogP contribution >= 0.6 is 11.8 Å². The van der Waals surface area contributed by atoms with Crippen LogP contribution in [0.4, 0.5) is 13.2 Å². The van der Waals surface area contributed by atoms with E-state index in [2.05, 4.69) is 10.3 Å². The minimum atomic E-state index is -4.53. The maximum Gasteiger partial charge on any atom is 0.416 e. The van der Waals surface area contributed by atoms with Gasteiger partial charge in [0.05, 0.1) is 11.3 Å². The number of hydrogen-bond donors (Lipinski definition) is 1. The zero-order valence-electron chi connectivity index (χ0n) is 18.2. The number of rotatable bonds is 3. The maximum atomic E-state index is 13.6. The van der Waals surface area contributed by atoms with Crippen LogP contribution in [0.3, 0.4) is 0 Å². The first-order chi connectivity index (χ1) is 15.6. The first-order valence-corrected chi connectivity index (χ1v) is 11.3. The quantitative estimate of drug-likeness (QED) is 0.576. The number of aryl methyl sites for hydroxylation is 1. The predicted octanol–water partition coefficient (Wildman–Crippen LogP) is 5.09. The van der Waals surface area contributed by atoms with Crippen molar-refractivity contribution in [2.24, 2.45) is 0 Å². The summed E-state index contributed by atoms with van der Waals surface area (Å²) in [7, 11) is 0. The van der Waals surface area contributed by atoms with Crippen molar-refractivity contribution in [3.8, 4) is 5.69 Å². The van der Waals surface area contributed by atoms with Crippen LogP contribution in [0.1, 0.15) is 52.0 Å². The minimum Gasteiger partial charge on any atom is -0.350 e. The summed E-state index contributed by atoms with van der Waals surface area (Å²) in [6, 6.07) is 8.35. The van der Waals surface area contributed by atoms with E-state index in [0.29, 0.717) is 22.0 Å². The molecule has 0 fully saturated rings. The highest BCUT2D eigenvalue weighted by atomic mass is 32.2. The van der Waals surface area contributed by atoms with Gasteiger partial charge in [0.15, 0.2) is 5.43 Å². The van der Waals surface area contributed by atoms with Gasteiger partial charge >= 0.3 is 6.18 Å². The maximum absolute atomic E-state index is 13.6. The van der Waals surface area contributed by atoms with Crippen molar-refractivity contribution in [3.05, 3.63) is 87.1 Å². The van der Waals surface area contributed by atoms with Gasteiger partial charge in [-0.25, -0.2) is 0 Å². The lowest BCUT2D eigenvalue weighted by Gasteiger charge is -2.21. The Balaban J connectivity index is 2.03. The van der Waals surface area contributed by atoms with Gasteiger partial charge in [-0.15, -0.1) is 11.8 Å². The molecule has 1 N–H and O–H groups in total. The lowest BCUT2D eigenvalue weighted by atomic mass is 10.0. The molecule has 0 radical (unpaired) electrons. The summed E-state index contributed by atoms with van der Waals surface area (Å²) in [5, 5.41) is 2.50. The lowest BCUT2D eigenvalue weighted by molar-refractivity contribution is -0.137. The average Bonchev–Trinajstić information content (AvgIpc) is 2.90. The molecule has 1 aromatic carbocycles. The minimum absolute atomic E-state index is 0.0472. The highest BCUT2D eigenvalue weighted by molar-refractivity contribution is 7.99. The average molecular weight is 474 g/mol. The Morgan fingerprint density at radius 1 is 1.24 bits per heavy atom. The molecule has 1 aliphatic rings. The zero-order chi connectivity index (χ0) is 23.9. The number of carbonyl (C=O) groups excluding carboxylic acids is 1. The number of pyridine rings is 2. The number of nitrogens with one attached hydrogen (secondary N) is 1. The molecule has 5 nitrogen and oxygen atoms in total. The summed E-state index contributed by atoms with van der Waals surface area (Å²) in [4.78, 5) is 30.8. The van der Waals surface area contributed by atoms with E-state index in [0.717, 1.165) is 17.7 Å². The molecule has 172 valence electrons. The highest BCUT2D eigenvalue weighted by Crippen LogP contribution is 2.45. The predicted molar refractivity (Wildman–Crippen MR) is 121 cm³/mol. The molecule has 0 spiro atoms. The van der Waals surface area contributed by atoms with Crippen LogP contribution in [-0.2, 0) is 12.6 Å². The first kappa shape index (κ1) is 23.1. The van der Waals surface area contributed by atoms with Gasteiger partial charge in [-0.3, -0.25) is 14.6 Å². The third-order valence-electron chi connectivity index (χ3n) is 5.38. The van der Waals surface area contributed by atoms with Crippen LogP contribution in [-0.4, -0.2) is 21.5 Å². The van der Waals surface area contributed by atoms with Crippen LogP contribution in [0.15, 0.2) is 58.5 Å². The van der Waals surface area contributed by atoms with Gasteiger partial charge in [0.1, 0.15) is 5.56 Å². The van der Waals surface area contributed by atoms with Gasteiger partial charge in [-0.1, -0.05) is 6.07 Å². The molecule has 0 aliphatic carbocycles. The molecule has 0 saturated heterocycles. The Bertz CT molecular complexity index is 1270. The number of nitrogens with zero attached hydrogens (tertiary/aromatic N) is 2. The number of aromatic nitrogens is 2. The van der Waals surface area contributed by atoms with Crippen LogP contribution in [0, 0.1) is 6.92 Å². The van der Waals surface area contributed by atoms with Crippen LogP contribution in [0.25, 0.3) is 5.69 Å². The molecule has 1 amide bonds. The molecular weight excluding hydrogens is 451 g/mol. The van der Waals surface area contributed by atoms with Crippen molar-refractivity contribution in [3.63, 3.8) is 0 Å². The number of carbonyl (C=O) groups is 1. The second-order valence-electron chi connectivity index (χ2n) is 8.21. The molecular formula is C24H22F3N3O2S. The molecule has 3 heterocycles. The Morgan fingerprint density at radius 2 is 2.00 bits per heavy atom. The van der Waals surface area contributed by atoms with Crippen molar-refractivity contribution in [1.29, 1.82) is 0 Å². The summed E-state index contributed by atoms with van der Waals surface area (Å²) in [6.07, 6.45) is -0.929. The van der Waals surface area contributed by atoms with E-state index in [1.165, 1.54) is 23.9 Å². The molecule has 33 heavy (non-hydrogen) atoms. The number of benzene rings is 1. The van der Waals surface area contributed by atoms with E-state index in [9.17, 15) is 22.8 Å². The van der Waals surface area contributed by atoms with E-state index in [-0.39, 0.29) is 23.3 Å². The van der Waals surface area contributed by atoms with E-state index in [1.54, 1.807) is 43.8 Å². The molecule has 4 rings (SSSR count). The topological polar surface area (TPSA) is 64.0 Å². The fourth-order valence-electron chi connectivity index (χ4n) is 3.99. The molecule has 0 bridgehead atoms. The van der Waals surface area contributed by atoms with Crippen molar-refractivity contribution in [1.82, 2.24) is 14.9 Å². The molecule has 1 atom stereocenters. The summed E-state index contributed by atoms with van der Waals surface area (Å²) >= 11 is 1.39. The van der Waals surface area contributed by atoms with Gasteiger partial charge in [-0.05, 0) is 50.6 Å². The number of halogens is 3. The van der Waals surface area contributed by atoms with Gasteiger partial charge in [0, 0.05) is 52.5 Å². The monoisotopic (exact) mass is 473 g/mol. The van der Waals surface area contributed by atoms with E-state index in [1.807, 2.05) is 6.07 Å². The highest BCUT2D eigenvalue weighted by Gasteiger charge is 2.34. The van der Waals surface area contributed by atoms with Gasteiger partial charge in [-0.2, -0.15) is 13.2 Å². The fourth-order valence-corrected chi connectivity index (χ4v) is 5.23. The summed E-state index contributed by atoms with van der Waals surface area (Å²) in [5.41, 5.74) is 0.704. The normalized spacial score (nSPS) is 15.5. The number of amides is 1. The fraction of sp³-hybridized carbons (Fsp3) is 0.292. The van der Waals surface area contributed by atoms with Crippen LogP contribution < -0.4 is 10.7 Å². The Hall–Kier alpha value is -3.07. The van der Waals surface area contributed by atoms with E-state index < -0.39 is 23.1 Å². The van der Waals surface area contributed by atoms with Crippen molar-refractivity contribution in [2.45, 2.75) is 49.6 Å². The summed E-state index contributed by atoms with van der Waals surface area (Å²) in [5.74, 6) is -0.538.